The Labute approximate surface area is 164 Å². The molecule has 0 amide bonds. The molecule has 1 aromatic carbocycles. The molecule has 1 N–H and O–H groups in total. The van der Waals surface area contributed by atoms with Crippen molar-refractivity contribution in [2.75, 3.05) is 25.5 Å². The summed E-state index contributed by atoms with van der Waals surface area (Å²) in [7, 11) is 2.15. The molecule has 2 aromatic heterocycles. The predicted molar refractivity (Wildman–Crippen MR) is 111 cm³/mol. The van der Waals surface area contributed by atoms with Crippen molar-refractivity contribution in [2.24, 2.45) is 0 Å². The molecule has 0 aliphatic carbocycles. The van der Waals surface area contributed by atoms with Gasteiger partial charge in [-0.2, -0.15) is 0 Å². The number of piperidine rings is 1. The van der Waals surface area contributed by atoms with Crippen molar-refractivity contribution in [1.29, 1.82) is 0 Å². The number of nitrogens with zero attached hydrogens (tertiary/aromatic N) is 5. The molecule has 0 spiro atoms. The minimum Gasteiger partial charge on any atom is -0.366 e. The molecule has 3 aromatic rings. The number of hydrogen-bond acceptors (Lipinski definition) is 6. The van der Waals surface area contributed by atoms with Crippen LogP contribution in [0.5, 0.6) is 0 Å². The van der Waals surface area contributed by atoms with Gasteiger partial charge in [-0.15, -0.1) is 0 Å². The van der Waals surface area contributed by atoms with E-state index >= 15 is 0 Å². The van der Waals surface area contributed by atoms with Crippen molar-refractivity contribution in [2.45, 2.75) is 39.3 Å². The van der Waals surface area contributed by atoms with Gasteiger partial charge in [0.2, 0.25) is 0 Å². The Hall–Kier alpha value is -2.80. The molecule has 3 heterocycles. The van der Waals surface area contributed by atoms with Gasteiger partial charge in [-0.05, 0) is 52.4 Å². The van der Waals surface area contributed by atoms with E-state index in [1.165, 1.54) is 6.42 Å². The third-order valence-electron chi connectivity index (χ3n) is 5.24. The summed E-state index contributed by atoms with van der Waals surface area (Å²) in [4.78, 5) is 28.9. The summed E-state index contributed by atoms with van der Waals surface area (Å²) in [6, 6.07) is 9.77. The van der Waals surface area contributed by atoms with E-state index < -0.39 is 0 Å². The normalized spacial score (nSPS) is 17.8. The monoisotopic (exact) mass is 378 g/mol. The number of nitrogens with one attached hydrogen (secondary N) is 1. The number of rotatable bonds is 4. The Morgan fingerprint density at radius 3 is 2.82 bits per heavy atom. The lowest BCUT2D eigenvalue weighted by Crippen LogP contribution is -2.40. The molecular weight excluding hydrogens is 352 g/mol. The first-order chi connectivity index (χ1) is 13.5. The van der Waals surface area contributed by atoms with Gasteiger partial charge >= 0.3 is 0 Å². The Morgan fingerprint density at radius 2 is 2.00 bits per heavy atom. The number of anilines is 1. The SMILES string of the molecule is Cc1nc(Cn2c(C)nc3ccccc3c2=O)cc(NC2CCCN(C)C2)n1. The first kappa shape index (κ1) is 18.6. The second-order valence-corrected chi connectivity index (χ2v) is 7.60. The molecule has 1 unspecified atom stereocenters. The lowest BCUT2D eigenvalue weighted by molar-refractivity contribution is 0.260. The molecule has 7 nitrogen and oxygen atoms in total. The maximum Gasteiger partial charge on any atom is 0.261 e. The summed E-state index contributed by atoms with van der Waals surface area (Å²) in [5.41, 5.74) is 1.49. The van der Waals surface area contributed by atoms with E-state index in [1.807, 2.05) is 44.2 Å². The molecule has 28 heavy (non-hydrogen) atoms. The Balaban J connectivity index is 1.63. The van der Waals surface area contributed by atoms with E-state index in [1.54, 1.807) is 4.57 Å². The number of benzene rings is 1. The minimum atomic E-state index is -0.0391. The first-order valence-electron chi connectivity index (χ1n) is 9.75. The average molecular weight is 378 g/mol. The fraction of sp³-hybridized carbons (Fsp3) is 0.429. The second kappa shape index (κ2) is 7.67. The quantitative estimate of drug-likeness (QED) is 0.751. The van der Waals surface area contributed by atoms with Crippen molar-refractivity contribution >= 4 is 16.7 Å². The largest absolute Gasteiger partial charge is 0.366 e. The summed E-state index contributed by atoms with van der Waals surface area (Å²) in [6.07, 6.45) is 2.32. The Morgan fingerprint density at radius 1 is 1.18 bits per heavy atom. The van der Waals surface area contributed by atoms with Crippen LogP contribution in [0.1, 0.15) is 30.2 Å². The summed E-state index contributed by atoms with van der Waals surface area (Å²) in [5, 5.41) is 4.17. The van der Waals surface area contributed by atoms with Crippen LogP contribution in [-0.2, 0) is 6.54 Å². The highest BCUT2D eigenvalue weighted by Gasteiger charge is 2.18. The molecule has 7 heteroatoms. The van der Waals surface area contributed by atoms with Crippen molar-refractivity contribution in [3.05, 3.63) is 58.0 Å². The Kier molecular flexibility index (Phi) is 5.09. The smallest absolute Gasteiger partial charge is 0.261 e. The number of likely N-dealkylation sites (N-methyl/N-ethyl adjacent to an activating group) is 1. The minimum absolute atomic E-state index is 0.0391. The van der Waals surface area contributed by atoms with E-state index in [0.29, 0.717) is 29.6 Å². The number of aromatic nitrogens is 4. The van der Waals surface area contributed by atoms with Crippen LogP contribution in [0.15, 0.2) is 35.1 Å². The van der Waals surface area contributed by atoms with Crippen LogP contribution in [0, 0.1) is 13.8 Å². The maximum absolute atomic E-state index is 12.9. The zero-order valence-corrected chi connectivity index (χ0v) is 16.6. The summed E-state index contributed by atoms with van der Waals surface area (Å²) >= 11 is 0. The van der Waals surface area contributed by atoms with Crippen LogP contribution in [0.3, 0.4) is 0 Å². The van der Waals surface area contributed by atoms with Gasteiger partial charge in [0.05, 0.1) is 23.1 Å². The van der Waals surface area contributed by atoms with Gasteiger partial charge in [-0.3, -0.25) is 9.36 Å². The molecule has 0 bridgehead atoms. The zero-order chi connectivity index (χ0) is 19.7. The number of para-hydroxylation sites is 1. The van der Waals surface area contributed by atoms with Crippen LogP contribution in [0.4, 0.5) is 5.82 Å². The molecular formula is C21H26N6O. The third kappa shape index (κ3) is 3.89. The molecule has 4 rings (SSSR count). The molecule has 0 radical (unpaired) electrons. The van der Waals surface area contributed by atoms with Gasteiger partial charge in [0.15, 0.2) is 0 Å². The van der Waals surface area contributed by atoms with Crippen LogP contribution in [-0.4, -0.2) is 50.6 Å². The van der Waals surface area contributed by atoms with E-state index in [4.69, 9.17) is 0 Å². The van der Waals surface area contributed by atoms with Gasteiger partial charge < -0.3 is 10.2 Å². The fourth-order valence-corrected chi connectivity index (χ4v) is 3.91. The van der Waals surface area contributed by atoms with Crippen molar-refractivity contribution in [3.63, 3.8) is 0 Å². The Bertz CT molecular complexity index is 1060. The van der Waals surface area contributed by atoms with E-state index in [0.717, 1.165) is 36.5 Å². The molecule has 1 atom stereocenters. The van der Waals surface area contributed by atoms with Crippen LogP contribution < -0.4 is 10.9 Å². The van der Waals surface area contributed by atoms with Gasteiger partial charge in [0.1, 0.15) is 17.5 Å². The number of aryl methyl sites for hydroxylation is 2. The van der Waals surface area contributed by atoms with E-state index in [2.05, 4.69) is 32.2 Å². The highest BCUT2D eigenvalue weighted by molar-refractivity contribution is 5.77. The third-order valence-corrected chi connectivity index (χ3v) is 5.24. The summed E-state index contributed by atoms with van der Waals surface area (Å²) in [6.45, 7) is 6.27. The van der Waals surface area contributed by atoms with Gasteiger partial charge in [0, 0.05) is 18.7 Å². The second-order valence-electron chi connectivity index (χ2n) is 7.60. The van der Waals surface area contributed by atoms with Crippen LogP contribution in [0.25, 0.3) is 10.9 Å². The standard InChI is InChI=1S/C21H26N6O/c1-14-22-17(11-20(23-14)25-16-7-6-10-26(3)12-16)13-27-15(2)24-19-9-5-4-8-18(19)21(27)28/h4-5,8-9,11,16H,6-7,10,12-13H2,1-3H3,(H,22,23,25). The van der Waals surface area contributed by atoms with Crippen molar-refractivity contribution in [1.82, 2.24) is 24.4 Å². The number of hydrogen-bond donors (Lipinski definition) is 1. The number of fused-ring (bicyclic) bond motifs is 1. The summed E-state index contributed by atoms with van der Waals surface area (Å²) < 4.78 is 1.68. The zero-order valence-electron chi connectivity index (χ0n) is 16.6. The highest BCUT2D eigenvalue weighted by atomic mass is 16.1. The van der Waals surface area contributed by atoms with Gasteiger partial charge in [-0.1, -0.05) is 12.1 Å². The highest BCUT2D eigenvalue weighted by Crippen LogP contribution is 2.16. The molecule has 146 valence electrons. The molecule has 0 saturated carbocycles. The van der Waals surface area contributed by atoms with Crippen LogP contribution in [0.2, 0.25) is 0 Å². The van der Waals surface area contributed by atoms with E-state index in [-0.39, 0.29) is 5.56 Å². The first-order valence-corrected chi connectivity index (χ1v) is 9.75. The maximum atomic E-state index is 12.9. The predicted octanol–water partition coefficient (Wildman–Crippen LogP) is 2.36. The van der Waals surface area contributed by atoms with Crippen molar-refractivity contribution in [3.8, 4) is 0 Å². The van der Waals surface area contributed by atoms with Crippen LogP contribution >= 0.6 is 0 Å². The van der Waals surface area contributed by atoms with Gasteiger partial charge in [-0.25, -0.2) is 15.0 Å². The number of likely N-dealkylation sites (tertiary alicyclic amines) is 1. The average Bonchev–Trinajstić information content (AvgIpc) is 2.65. The summed E-state index contributed by atoms with van der Waals surface area (Å²) in [5.74, 6) is 2.20. The fourth-order valence-electron chi connectivity index (χ4n) is 3.91. The topological polar surface area (TPSA) is 75.9 Å². The lowest BCUT2D eigenvalue weighted by Gasteiger charge is -2.30. The van der Waals surface area contributed by atoms with Crippen molar-refractivity contribution < 1.29 is 0 Å². The lowest BCUT2D eigenvalue weighted by atomic mass is 10.1. The molecule has 1 aliphatic heterocycles. The van der Waals surface area contributed by atoms with E-state index in [9.17, 15) is 4.79 Å². The molecule has 1 saturated heterocycles. The molecule has 1 aliphatic rings. The van der Waals surface area contributed by atoms with Gasteiger partial charge in [0.25, 0.3) is 5.56 Å². The molecule has 1 fully saturated rings.